The highest BCUT2D eigenvalue weighted by atomic mass is 16.5. The summed E-state index contributed by atoms with van der Waals surface area (Å²) in [5, 5.41) is 9.05. The highest BCUT2D eigenvalue weighted by molar-refractivity contribution is 5.48. The zero-order chi connectivity index (χ0) is 14.4. The minimum atomic E-state index is 0.210. The second-order valence-electron chi connectivity index (χ2n) is 4.91. The van der Waals surface area contributed by atoms with Gasteiger partial charge in [-0.05, 0) is 45.5 Å². The van der Waals surface area contributed by atoms with Gasteiger partial charge >= 0.3 is 0 Å². The molecular weight excluding hydrogens is 242 g/mol. The molecule has 19 heavy (non-hydrogen) atoms. The molecule has 0 spiro atoms. The van der Waals surface area contributed by atoms with E-state index in [1.807, 2.05) is 26.2 Å². The van der Waals surface area contributed by atoms with Crippen molar-refractivity contribution in [3.05, 3.63) is 23.3 Å². The van der Waals surface area contributed by atoms with Crippen molar-refractivity contribution >= 4 is 0 Å². The number of aryl methyl sites for hydroxylation is 1. The maximum Gasteiger partial charge on any atom is 0.127 e. The van der Waals surface area contributed by atoms with E-state index in [0.29, 0.717) is 0 Å². The number of nitrogens with zero attached hydrogens (tertiary/aromatic N) is 1. The number of hydrogen-bond donors (Lipinski definition) is 1. The van der Waals surface area contributed by atoms with Crippen LogP contribution in [0.2, 0.25) is 0 Å². The topological polar surface area (TPSA) is 41.9 Å². The molecule has 4 nitrogen and oxygen atoms in total. The van der Waals surface area contributed by atoms with Crippen LogP contribution in [0.25, 0.3) is 0 Å². The Labute approximate surface area is 115 Å². The number of rotatable bonds is 7. The number of aliphatic hydroxyl groups excluding tert-OH is 1. The molecule has 1 rings (SSSR count). The molecule has 0 saturated carbocycles. The van der Waals surface area contributed by atoms with Gasteiger partial charge in [-0.2, -0.15) is 0 Å². The van der Waals surface area contributed by atoms with Gasteiger partial charge in [-0.3, -0.25) is 0 Å². The van der Waals surface area contributed by atoms with E-state index in [4.69, 9.17) is 14.6 Å². The Hall–Kier alpha value is -1.26. The van der Waals surface area contributed by atoms with Gasteiger partial charge in [0.1, 0.15) is 11.5 Å². The molecule has 0 saturated heterocycles. The average Bonchev–Trinajstić information content (AvgIpc) is 2.39. The Morgan fingerprint density at radius 3 is 2.37 bits per heavy atom. The van der Waals surface area contributed by atoms with Gasteiger partial charge < -0.3 is 19.5 Å². The molecule has 1 atom stereocenters. The van der Waals surface area contributed by atoms with Gasteiger partial charge in [0, 0.05) is 24.3 Å². The lowest BCUT2D eigenvalue weighted by Gasteiger charge is -2.28. The van der Waals surface area contributed by atoms with Crippen molar-refractivity contribution in [3.63, 3.8) is 0 Å². The fraction of sp³-hybridized carbons (Fsp3) is 0.600. The van der Waals surface area contributed by atoms with Gasteiger partial charge in [-0.15, -0.1) is 0 Å². The van der Waals surface area contributed by atoms with Crippen molar-refractivity contribution in [3.8, 4) is 11.5 Å². The molecular formula is C15H25NO3. The molecule has 0 amide bonds. The quantitative estimate of drug-likeness (QED) is 0.823. The number of hydrogen-bond acceptors (Lipinski definition) is 4. The molecule has 4 heteroatoms. The molecule has 108 valence electrons. The SMILES string of the molecule is COc1cc(C)c(C(CCCO)N(C)C)c(OC)c1. The molecule has 0 heterocycles. The van der Waals surface area contributed by atoms with Crippen LogP contribution in [0.15, 0.2) is 12.1 Å². The van der Waals surface area contributed by atoms with Crippen LogP contribution in [-0.2, 0) is 0 Å². The summed E-state index contributed by atoms with van der Waals surface area (Å²) < 4.78 is 10.8. The van der Waals surface area contributed by atoms with E-state index in [2.05, 4.69) is 11.8 Å². The lowest BCUT2D eigenvalue weighted by molar-refractivity contribution is 0.231. The van der Waals surface area contributed by atoms with Gasteiger partial charge in [0.15, 0.2) is 0 Å². The monoisotopic (exact) mass is 267 g/mol. The average molecular weight is 267 g/mol. The summed E-state index contributed by atoms with van der Waals surface area (Å²) in [5.41, 5.74) is 2.31. The molecule has 0 aliphatic carbocycles. The largest absolute Gasteiger partial charge is 0.497 e. The lowest BCUT2D eigenvalue weighted by Crippen LogP contribution is -2.22. The zero-order valence-electron chi connectivity index (χ0n) is 12.6. The Morgan fingerprint density at radius 2 is 1.89 bits per heavy atom. The van der Waals surface area contributed by atoms with E-state index in [1.165, 1.54) is 5.56 Å². The maximum atomic E-state index is 9.05. The highest BCUT2D eigenvalue weighted by Gasteiger charge is 2.21. The van der Waals surface area contributed by atoms with Gasteiger partial charge in [0.2, 0.25) is 0 Å². The summed E-state index contributed by atoms with van der Waals surface area (Å²) in [6.45, 7) is 2.28. The van der Waals surface area contributed by atoms with Gasteiger partial charge in [-0.25, -0.2) is 0 Å². The fourth-order valence-corrected chi connectivity index (χ4v) is 2.39. The van der Waals surface area contributed by atoms with E-state index in [0.717, 1.165) is 29.9 Å². The summed E-state index contributed by atoms with van der Waals surface area (Å²) in [6, 6.07) is 4.17. The molecule has 0 aliphatic heterocycles. The van der Waals surface area contributed by atoms with Crippen molar-refractivity contribution in [1.29, 1.82) is 0 Å². The van der Waals surface area contributed by atoms with Crippen LogP contribution in [-0.4, -0.2) is 44.9 Å². The van der Waals surface area contributed by atoms with Crippen molar-refractivity contribution in [2.75, 3.05) is 34.9 Å². The van der Waals surface area contributed by atoms with Crippen LogP contribution in [0.3, 0.4) is 0 Å². The van der Waals surface area contributed by atoms with Crippen LogP contribution < -0.4 is 9.47 Å². The molecule has 1 aromatic rings. The summed E-state index contributed by atoms with van der Waals surface area (Å²) in [4.78, 5) is 2.16. The maximum absolute atomic E-state index is 9.05. The second-order valence-corrected chi connectivity index (χ2v) is 4.91. The van der Waals surface area contributed by atoms with E-state index < -0.39 is 0 Å². The molecule has 0 radical (unpaired) electrons. The third-order valence-electron chi connectivity index (χ3n) is 3.37. The van der Waals surface area contributed by atoms with Crippen LogP contribution in [0.4, 0.5) is 0 Å². The normalized spacial score (nSPS) is 12.6. The summed E-state index contributed by atoms with van der Waals surface area (Å²) in [7, 11) is 7.43. The van der Waals surface area contributed by atoms with Crippen molar-refractivity contribution < 1.29 is 14.6 Å². The number of aliphatic hydroxyl groups is 1. The molecule has 0 aliphatic rings. The smallest absolute Gasteiger partial charge is 0.127 e. The molecule has 0 bridgehead atoms. The van der Waals surface area contributed by atoms with E-state index >= 15 is 0 Å². The second kappa shape index (κ2) is 7.36. The Bertz CT molecular complexity index is 405. The van der Waals surface area contributed by atoms with Crippen LogP contribution >= 0.6 is 0 Å². The predicted octanol–water partition coefficient (Wildman–Crippen LogP) is 2.39. The minimum Gasteiger partial charge on any atom is -0.497 e. The molecule has 0 aromatic heterocycles. The van der Waals surface area contributed by atoms with Crippen molar-refractivity contribution in [2.45, 2.75) is 25.8 Å². The van der Waals surface area contributed by atoms with E-state index in [-0.39, 0.29) is 12.6 Å². The number of ether oxygens (including phenoxy) is 2. The first-order valence-corrected chi connectivity index (χ1v) is 6.55. The molecule has 1 aromatic carbocycles. The lowest BCUT2D eigenvalue weighted by atomic mass is 9.95. The Morgan fingerprint density at radius 1 is 1.21 bits per heavy atom. The Balaban J connectivity index is 3.20. The van der Waals surface area contributed by atoms with Crippen LogP contribution in [0, 0.1) is 6.92 Å². The van der Waals surface area contributed by atoms with Gasteiger partial charge in [0.25, 0.3) is 0 Å². The third kappa shape index (κ3) is 3.85. The van der Waals surface area contributed by atoms with Crippen molar-refractivity contribution in [2.24, 2.45) is 0 Å². The molecule has 1 N–H and O–H groups in total. The number of methoxy groups -OCH3 is 2. The number of benzene rings is 1. The fourth-order valence-electron chi connectivity index (χ4n) is 2.39. The van der Waals surface area contributed by atoms with E-state index in [9.17, 15) is 0 Å². The first-order chi connectivity index (χ1) is 9.04. The summed E-state index contributed by atoms with van der Waals surface area (Å²) in [6.07, 6.45) is 1.67. The highest BCUT2D eigenvalue weighted by Crippen LogP contribution is 2.37. The Kier molecular flexibility index (Phi) is 6.12. The first kappa shape index (κ1) is 15.8. The molecule has 0 fully saturated rings. The van der Waals surface area contributed by atoms with Crippen LogP contribution in [0.1, 0.15) is 30.0 Å². The summed E-state index contributed by atoms with van der Waals surface area (Å²) >= 11 is 0. The van der Waals surface area contributed by atoms with Gasteiger partial charge in [0.05, 0.1) is 14.2 Å². The van der Waals surface area contributed by atoms with E-state index in [1.54, 1.807) is 14.2 Å². The summed E-state index contributed by atoms with van der Waals surface area (Å²) in [5.74, 6) is 1.64. The standard InChI is InChI=1S/C15H25NO3/c1-11-9-12(18-4)10-14(19-5)15(11)13(16(2)3)7-6-8-17/h9-10,13,17H,6-8H2,1-5H3. The van der Waals surface area contributed by atoms with Crippen molar-refractivity contribution in [1.82, 2.24) is 4.90 Å². The van der Waals surface area contributed by atoms with Gasteiger partial charge in [-0.1, -0.05) is 0 Å². The molecule has 1 unspecified atom stereocenters. The predicted molar refractivity (Wildman–Crippen MR) is 77.0 cm³/mol. The minimum absolute atomic E-state index is 0.210. The zero-order valence-corrected chi connectivity index (χ0v) is 12.6. The third-order valence-corrected chi connectivity index (χ3v) is 3.37. The van der Waals surface area contributed by atoms with Crippen LogP contribution in [0.5, 0.6) is 11.5 Å². The first-order valence-electron chi connectivity index (χ1n) is 6.55.